The molecule has 1 heterocycles. The van der Waals surface area contributed by atoms with E-state index in [0.29, 0.717) is 0 Å². The second-order valence-electron chi connectivity index (χ2n) is 3.12. The molecule has 66 valence electrons. The average molecular weight is 175 g/mol. The number of nitrogens with zero attached hydrogens (tertiary/aromatic N) is 1. The van der Waals surface area contributed by atoms with E-state index >= 15 is 0 Å². The molecule has 1 saturated carbocycles. The molecule has 1 fully saturated rings. The van der Waals surface area contributed by atoms with E-state index in [-0.39, 0.29) is 12.8 Å². The molecule has 12 heavy (non-hydrogen) atoms. The van der Waals surface area contributed by atoms with Crippen molar-refractivity contribution in [3.63, 3.8) is 0 Å². The highest BCUT2D eigenvalue weighted by molar-refractivity contribution is 5.10. The predicted octanol–water partition coefficient (Wildman–Crippen LogP) is 2.54. The fraction of sp³-hybridized carbons (Fsp3) is 0.500. The van der Waals surface area contributed by atoms with E-state index in [1.165, 1.54) is 17.0 Å². The summed E-state index contributed by atoms with van der Waals surface area (Å²) in [5, 5.41) is 0. The molecule has 1 aliphatic rings. The van der Waals surface area contributed by atoms with Crippen LogP contribution in [0.25, 0.3) is 0 Å². The van der Waals surface area contributed by atoms with Crippen LogP contribution in [-0.4, -0.2) is 10.7 Å². The van der Waals surface area contributed by atoms with Gasteiger partial charge in [0.15, 0.2) is 0 Å². The number of hydrogen-bond acceptors (Lipinski definition) is 0. The first-order chi connectivity index (χ1) is 5.56. The molecular weight excluding hydrogens is 167 g/mol. The highest BCUT2D eigenvalue weighted by Gasteiger charge is 2.64. The van der Waals surface area contributed by atoms with Gasteiger partial charge in [-0.05, 0) is 25.0 Å². The molecule has 1 nitrogen and oxygen atoms in total. The molecule has 0 unspecified atom stereocenters. The van der Waals surface area contributed by atoms with Gasteiger partial charge < -0.3 is 4.57 Å². The Morgan fingerprint density at radius 1 is 1.08 bits per heavy atom. The van der Waals surface area contributed by atoms with Crippen LogP contribution >= 0.6 is 0 Å². The standard InChI is InChI=1S/C8H8F3N/c9-8(10,11)7(3-4-7)12-5-1-2-6-12/h1-2,5-6H,3-4H2. The maximum atomic E-state index is 12.4. The first-order valence-corrected chi connectivity index (χ1v) is 3.76. The van der Waals surface area contributed by atoms with Crippen LogP contribution in [0.2, 0.25) is 0 Å². The molecule has 2 rings (SSSR count). The summed E-state index contributed by atoms with van der Waals surface area (Å²) in [6.07, 6.45) is -0.733. The Kier molecular flexibility index (Phi) is 1.32. The van der Waals surface area contributed by atoms with Crippen molar-refractivity contribution in [3.05, 3.63) is 24.5 Å². The zero-order chi connectivity index (χ0) is 8.82. The van der Waals surface area contributed by atoms with Gasteiger partial charge in [-0.1, -0.05) is 0 Å². The smallest absolute Gasteiger partial charge is 0.339 e. The van der Waals surface area contributed by atoms with Crippen molar-refractivity contribution in [3.8, 4) is 0 Å². The van der Waals surface area contributed by atoms with Crippen LogP contribution in [0.3, 0.4) is 0 Å². The summed E-state index contributed by atoms with van der Waals surface area (Å²) in [5.74, 6) is 0. The fourth-order valence-corrected chi connectivity index (χ4v) is 1.43. The van der Waals surface area contributed by atoms with Gasteiger partial charge in [0, 0.05) is 12.4 Å². The van der Waals surface area contributed by atoms with Crippen LogP contribution < -0.4 is 0 Å². The van der Waals surface area contributed by atoms with Crippen molar-refractivity contribution in [2.75, 3.05) is 0 Å². The molecule has 0 spiro atoms. The lowest BCUT2D eigenvalue weighted by Gasteiger charge is -2.20. The summed E-state index contributed by atoms with van der Waals surface area (Å²) in [5.41, 5.74) is -1.57. The second-order valence-corrected chi connectivity index (χ2v) is 3.12. The van der Waals surface area contributed by atoms with E-state index in [9.17, 15) is 13.2 Å². The van der Waals surface area contributed by atoms with Crippen LogP contribution in [0.5, 0.6) is 0 Å². The number of halogens is 3. The number of hydrogen-bond donors (Lipinski definition) is 0. The Hall–Kier alpha value is -0.930. The molecule has 0 aromatic carbocycles. The van der Waals surface area contributed by atoms with Gasteiger partial charge in [-0.2, -0.15) is 13.2 Å². The fourth-order valence-electron chi connectivity index (χ4n) is 1.43. The van der Waals surface area contributed by atoms with Crippen molar-refractivity contribution in [2.45, 2.75) is 24.6 Å². The molecule has 0 aliphatic heterocycles. The quantitative estimate of drug-likeness (QED) is 0.618. The van der Waals surface area contributed by atoms with Crippen molar-refractivity contribution in [2.24, 2.45) is 0 Å². The molecule has 1 aromatic rings. The lowest BCUT2D eigenvalue weighted by molar-refractivity contribution is -0.179. The minimum atomic E-state index is -4.11. The molecule has 1 aromatic heterocycles. The summed E-state index contributed by atoms with van der Waals surface area (Å²) in [4.78, 5) is 0. The summed E-state index contributed by atoms with van der Waals surface area (Å²) in [6, 6.07) is 3.23. The Bertz CT molecular complexity index is 269. The summed E-state index contributed by atoms with van der Waals surface area (Å²) in [6.45, 7) is 0. The van der Waals surface area contributed by atoms with Gasteiger partial charge in [0.1, 0.15) is 5.54 Å². The molecule has 1 aliphatic carbocycles. The van der Waals surface area contributed by atoms with Crippen molar-refractivity contribution in [1.82, 2.24) is 4.57 Å². The third-order valence-electron chi connectivity index (χ3n) is 2.35. The molecule has 0 atom stereocenters. The Morgan fingerprint density at radius 3 is 1.92 bits per heavy atom. The Labute approximate surface area is 67.8 Å². The minimum Gasteiger partial charge on any atom is -0.339 e. The number of rotatable bonds is 1. The maximum absolute atomic E-state index is 12.4. The molecule has 4 heteroatoms. The SMILES string of the molecule is FC(F)(F)C1(n2cccc2)CC1. The van der Waals surface area contributed by atoms with E-state index in [1.54, 1.807) is 12.1 Å². The van der Waals surface area contributed by atoms with Crippen molar-refractivity contribution in [1.29, 1.82) is 0 Å². The highest BCUT2D eigenvalue weighted by Crippen LogP contribution is 2.55. The first-order valence-electron chi connectivity index (χ1n) is 3.76. The van der Waals surface area contributed by atoms with Gasteiger partial charge in [0.25, 0.3) is 0 Å². The largest absolute Gasteiger partial charge is 0.411 e. The number of aromatic nitrogens is 1. The van der Waals surface area contributed by atoms with Gasteiger partial charge in [0.05, 0.1) is 0 Å². The van der Waals surface area contributed by atoms with Crippen LogP contribution in [0.4, 0.5) is 13.2 Å². The third kappa shape index (κ3) is 0.869. The van der Waals surface area contributed by atoms with E-state index in [4.69, 9.17) is 0 Å². The summed E-state index contributed by atoms with van der Waals surface area (Å²) >= 11 is 0. The van der Waals surface area contributed by atoms with Gasteiger partial charge >= 0.3 is 6.18 Å². The van der Waals surface area contributed by atoms with Gasteiger partial charge in [-0.25, -0.2) is 0 Å². The molecule has 0 amide bonds. The van der Waals surface area contributed by atoms with E-state index in [2.05, 4.69) is 0 Å². The molecule has 0 radical (unpaired) electrons. The zero-order valence-corrected chi connectivity index (χ0v) is 6.30. The normalized spacial score (nSPS) is 20.9. The number of alkyl halides is 3. The Balaban J connectivity index is 2.35. The molecule has 0 bridgehead atoms. The van der Waals surface area contributed by atoms with Gasteiger partial charge in [-0.3, -0.25) is 0 Å². The third-order valence-corrected chi connectivity index (χ3v) is 2.35. The average Bonchev–Trinajstić information content (AvgIpc) is 2.61. The lowest BCUT2D eigenvalue weighted by Crippen LogP contribution is -2.33. The zero-order valence-electron chi connectivity index (χ0n) is 6.30. The van der Waals surface area contributed by atoms with Gasteiger partial charge in [-0.15, -0.1) is 0 Å². The van der Waals surface area contributed by atoms with Crippen LogP contribution in [-0.2, 0) is 5.54 Å². The molecule has 0 N–H and O–H groups in total. The van der Waals surface area contributed by atoms with Crippen molar-refractivity contribution >= 4 is 0 Å². The first kappa shape index (κ1) is 7.71. The maximum Gasteiger partial charge on any atom is 0.411 e. The van der Waals surface area contributed by atoms with E-state index in [1.807, 2.05) is 0 Å². The van der Waals surface area contributed by atoms with E-state index < -0.39 is 11.7 Å². The summed E-state index contributed by atoms with van der Waals surface area (Å²) in [7, 11) is 0. The van der Waals surface area contributed by atoms with Gasteiger partial charge in [0.2, 0.25) is 0 Å². The monoisotopic (exact) mass is 175 g/mol. The highest BCUT2D eigenvalue weighted by atomic mass is 19.4. The van der Waals surface area contributed by atoms with Crippen LogP contribution in [0, 0.1) is 0 Å². The topological polar surface area (TPSA) is 4.93 Å². The Morgan fingerprint density at radius 2 is 1.58 bits per heavy atom. The van der Waals surface area contributed by atoms with E-state index in [0.717, 1.165) is 0 Å². The second kappa shape index (κ2) is 2.06. The molecular formula is C8H8F3N. The molecule has 0 saturated heterocycles. The van der Waals surface area contributed by atoms with Crippen LogP contribution in [0.15, 0.2) is 24.5 Å². The minimum absolute atomic E-state index is 0.213. The van der Waals surface area contributed by atoms with Crippen molar-refractivity contribution < 1.29 is 13.2 Å². The van der Waals surface area contributed by atoms with Crippen LogP contribution in [0.1, 0.15) is 12.8 Å². The lowest BCUT2D eigenvalue weighted by atomic mass is 10.2. The predicted molar refractivity (Wildman–Crippen MR) is 37.7 cm³/mol. The summed E-state index contributed by atoms with van der Waals surface area (Å²) < 4.78 is 38.6.